The first-order valence-electron chi connectivity index (χ1n) is 12.6. The average Bonchev–Trinajstić information content (AvgIpc) is 2.86. The third-order valence-electron chi connectivity index (χ3n) is 7.03. The molecule has 2 amide bonds. The van der Waals surface area contributed by atoms with E-state index in [-0.39, 0.29) is 36.4 Å². The number of carbonyl (C=O) groups excluding carboxylic acids is 2. The first-order chi connectivity index (χ1) is 17.4. The molecule has 7 heteroatoms. The van der Waals surface area contributed by atoms with Crippen molar-refractivity contribution in [1.82, 2.24) is 4.90 Å². The zero-order valence-corrected chi connectivity index (χ0v) is 22.4. The van der Waals surface area contributed by atoms with Crippen LogP contribution in [0.1, 0.15) is 41.8 Å². The molecule has 2 atom stereocenters. The highest BCUT2D eigenvalue weighted by Gasteiger charge is 2.24. The van der Waals surface area contributed by atoms with Gasteiger partial charge in [0.1, 0.15) is 0 Å². The quantitative estimate of drug-likeness (QED) is 0.480. The number of morpholine rings is 1. The Morgan fingerprint density at radius 1 is 0.973 bits per heavy atom. The molecule has 2 aliphatic heterocycles. The van der Waals surface area contributed by atoms with Crippen LogP contribution in [0.15, 0.2) is 66.7 Å². The number of amides is 2. The molecule has 0 aliphatic carbocycles. The van der Waals surface area contributed by atoms with Crippen LogP contribution in [0.2, 0.25) is 0 Å². The Morgan fingerprint density at radius 3 is 2.43 bits per heavy atom. The van der Waals surface area contributed by atoms with Gasteiger partial charge < -0.3 is 15.0 Å². The van der Waals surface area contributed by atoms with Gasteiger partial charge in [0.2, 0.25) is 5.91 Å². The molecule has 0 radical (unpaired) electrons. The summed E-state index contributed by atoms with van der Waals surface area (Å²) >= 11 is 0. The Labute approximate surface area is 225 Å². The Morgan fingerprint density at radius 2 is 1.70 bits per heavy atom. The number of nitrogens with one attached hydrogen (secondary N) is 1. The third kappa shape index (κ3) is 6.04. The first kappa shape index (κ1) is 26.9. The predicted molar refractivity (Wildman–Crippen MR) is 151 cm³/mol. The maximum atomic E-state index is 13.3. The zero-order valence-electron chi connectivity index (χ0n) is 21.6. The Bertz CT molecular complexity index is 1270. The van der Waals surface area contributed by atoms with Crippen LogP contribution in [0.5, 0.6) is 0 Å². The topological polar surface area (TPSA) is 61.9 Å². The largest absolute Gasteiger partial charge is 0.373 e. The number of aryl methyl sites for hydroxylation is 1. The molecule has 0 bridgehead atoms. The van der Waals surface area contributed by atoms with Gasteiger partial charge in [0, 0.05) is 50.0 Å². The van der Waals surface area contributed by atoms with Crippen molar-refractivity contribution in [3.8, 4) is 11.1 Å². The van der Waals surface area contributed by atoms with Crippen molar-refractivity contribution in [2.45, 2.75) is 45.4 Å². The Balaban J connectivity index is 0.00000320. The number of halogens is 1. The SMILES string of the molecule is CC1CN(Cc2cc(C(=O)Nc3ccc4c(c3)N(C)C(=O)CC4)ccc2-c2ccccc2)CC(C)O1.Cl. The van der Waals surface area contributed by atoms with Gasteiger partial charge in [-0.15, -0.1) is 12.4 Å². The fourth-order valence-electron chi connectivity index (χ4n) is 5.33. The van der Waals surface area contributed by atoms with Gasteiger partial charge >= 0.3 is 0 Å². The number of anilines is 2. The summed E-state index contributed by atoms with van der Waals surface area (Å²) in [5, 5.41) is 3.04. The number of benzene rings is 3. The maximum absolute atomic E-state index is 13.3. The van der Waals surface area contributed by atoms with Crippen LogP contribution in [-0.2, 0) is 22.5 Å². The predicted octanol–water partition coefficient (Wildman–Crippen LogP) is 5.55. The summed E-state index contributed by atoms with van der Waals surface area (Å²) in [5.41, 5.74) is 6.67. The van der Waals surface area contributed by atoms with Crippen LogP contribution < -0.4 is 10.2 Å². The van der Waals surface area contributed by atoms with E-state index in [9.17, 15) is 9.59 Å². The fraction of sp³-hybridized carbons (Fsp3) is 0.333. The number of rotatable bonds is 5. The van der Waals surface area contributed by atoms with E-state index in [1.165, 1.54) is 0 Å². The van der Waals surface area contributed by atoms with Crippen LogP contribution in [0, 0.1) is 0 Å². The van der Waals surface area contributed by atoms with Crippen molar-refractivity contribution in [3.05, 3.63) is 83.4 Å². The summed E-state index contributed by atoms with van der Waals surface area (Å²) in [6, 6.07) is 22.0. The lowest BCUT2D eigenvalue weighted by Crippen LogP contribution is -2.44. The van der Waals surface area contributed by atoms with Gasteiger partial charge in [-0.3, -0.25) is 14.5 Å². The molecule has 2 unspecified atom stereocenters. The molecular weight excluding hydrogens is 486 g/mol. The molecule has 2 heterocycles. The molecule has 37 heavy (non-hydrogen) atoms. The number of nitrogens with zero attached hydrogens (tertiary/aromatic N) is 2. The monoisotopic (exact) mass is 519 g/mol. The second-order valence-corrected chi connectivity index (χ2v) is 9.94. The second-order valence-electron chi connectivity index (χ2n) is 9.94. The van der Waals surface area contributed by atoms with Crippen LogP contribution in [0.4, 0.5) is 11.4 Å². The molecule has 6 nitrogen and oxygen atoms in total. The van der Waals surface area contributed by atoms with Gasteiger partial charge in [0.05, 0.1) is 12.2 Å². The maximum Gasteiger partial charge on any atom is 0.255 e. The van der Waals surface area contributed by atoms with E-state index in [4.69, 9.17) is 4.74 Å². The van der Waals surface area contributed by atoms with Gasteiger partial charge in [-0.2, -0.15) is 0 Å². The normalized spacial score (nSPS) is 19.6. The standard InChI is InChI=1S/C30H33N3O3.ClH/c1-20-17-33(18-21(2)36-20)19-25-15-24(10-13-27(25)22-7-5-4-6-8-22)30(35)31-26-12-9-23-11-14-29(34)32(3)28(23)16-26;/h4-10,12-13,15-16,20-21H,11,14,17-19H2,1-3H3,(H,31,35);1H. The van der Waals surface area contributed by atoms with Crippen molar-refractivity contribution in [2.75, 3.05) is 30.4 Å². The minimum atomic E-state index is -0.163. The second kappa shape index (κ2) is 11.5. The number of carbonyl (C=O) groups is 2. The fourth-order valence-corrected chi connectivity index (χ4v) is 5.33. The minimum Gasteiger partial charge on any atom is -0.373 e. The molecule has 3 aromatic carbocycles. The molecule has 5 rings (SSSR count). The van der Waals surface area contributed by atoms with Crippen molar-refractivity contribution in [2.24, 2.45) is 0 Å². The Hall–Kier alpha value is -3.19. The lowest BCUT2D eigenvalue weighted by atomic mass is 9.96. The van der Waals surface area contributed by atoms with E-state index in [0.717, 1.165) is 54.0 Å². The number of fused-ring (bicyclic) bond motifs is 1. The van der Waals surface area contributed by atoms with E-state index in [2.05, 4.69) is 36.2 Å². The minimum absolute atomic E-state index is 0. The van der Waals surface area contributed by atoms with Gasteiger partial charge in [0.25, 0.3) is 5.91 Å². The molecule has 3 aromatic rings. The first-order valence-corrected chi connectivity index (χ1v) is 12.6. The molecule has 2 aliphatic rings. The zero-order chi connectivity index (χ0) is 25.2. The van der Waals surface area contributed by atoms with Crippen LogP contribution in [0.25, 0.3) is 11.1 Å². The number of hydrogen-bond donors (Lipinski definition) is 1. The van der Waals surface area contributed by atoms with E-state index in [1.807, 2.05) is 54.6 Å². The summed E-state index contributed by atoms with van der Waals surface area (Å²) in [6.07, 6.45) is 1.60. The lowest BCUT2D eigenvalue weighted by Gasteiger charge is -2.35. The summed E-state index contributed by atoms with van der Waals surface area (Å²) in [6.45, 7) is 6.67. The molecule has 1 saturated heterocycles. The molecule has 0 aromatic heterocycles. The highest BCUT2D eigenvalue weighted by Crippen LogP contribution is 2.31. The highest BCUT2D eigenvalue weighted by atomic mass is 35.5. The van der Waals surface area contributed by atoms with Crippen LogP contribution in [0.3, 0.4) is 0 Å². The molecular formula is C30H34ClN3O3. The number of hydrogen-bond acceptors (Lipinski definition) is 4. The molecule has 194 valence electrons. The van der Waals surface area contributed by atoms with Gasteiger partial charge in [-0.05, 0) is 66.8 Å². The highest BCUT2D eigenvalue weighted by molar-refractivity contribution is 6.05. The smallest absolute Gasteiger partial charge is 0.255 e. The van der Waals surface area contributed by atoms with Crippen molar-refractivity contribution in [3.63, 3.8) is 0 Å². The van der Waals surface area contributed by atoms with Crippen molar-refractivity contribution < 1.29 is 14.3 Å². The van der Waals surface area contributed by atoms with Crippen molar-refractivity contribution in [1.29, 1.82) is 0 Å². The van der Waals surface area contributed by atoms with Gasteiger partial charge in [-0.25, -0.2) is 0 Å². The third-order valence-corrected chi connectivity index (χ3v) is 7.03. The van der Waals surface area contributed by atoms with Crippen LogP contribution in [-0.4, -0.2) is 49.1 Å². The summed E-state index contributed by atoms with van der Waals surface area (Å²) in [7, 11) is 1.79. The molecule has 1 N–H and O–H groups in total. The van der Waals surface area contributed by atoms with Crippen molar-refractivity contribution >= 4 is 35.6 Å². The molecule has 0 spiro atoms. The summed E-state index contributed by atoms with van der Waals surface area (Å²) < 4.78 is 5.92. The summed E-state index contributed by atoms with van der Waals surface area (Å²) in [5.74, 6) is -0.0665. The van der Waals surface area contributed by atoms with Gasteiger partial charge in [0.15, 0.2) is 0 Å². The molecule has 1 fully saturated rings. The van der Waals surface area contributed by atoms with Crippen LogP contribution >= 0.6 is 12.4 Å². The van der Waals surface area contributed by atoms with E-state index in [1.54, 1.807) is 11.9 Å². The van der Waals surface area contributed by atoms with E-state index >= 15 is 0 Å². The van der Waals surface area contributed by atoms with E-state index in [0.29, 0.717) is 17.7 Å². The lowest BCUT2D eigenvalue weighted by molar-refractivity contribution is -0.118. The number of ether oxygens (including phenoxy) is 1. The van der Waals surface area contributed by atoms with Gasteiger partial charge in [-0.1, -0.05) is 42.5 Å². The molecule has 0 saturated carbocycles. The summed E-state index contributed by atoms with van der Waals surface area (Å²) in [4.78, 5) is 29.5. The average molecular weight is 520 g/mol. The Kier molecular flexibility index (Phi) is 8.32. The van der Waals surface area contributed by atoms with E-state index < -0.39 is 0 Å².